The maximum Gasteiger partial charge on any atom is 0.350 e. The van der Waals surface area contributed by atoms with Crippen LogP contribution >= 0.6 is 11.3 Å². The Morgan fingerprint density at radius 1 is 1.59 bits per heavy atom. The Morgan fingerprint density at radius 2 is 2.35 bits per heavy atom. The predicted octanol–water partition coefficient (Wildman–Crippen LogP) is 1.13. The van der Waals surface area contributed by atoms with Gasteiger partial charge in [-0.1, -0.05) is 0 Å². The monoisotopic (exact) mass is 275 g/mol. The third-order valence-electron chi connectivity index (χ3n) is 2.63. The minimum absolute atomic E-state index is 0.113. The van der Waals surface area contributed by atoms with E-state index < -0.39 is 15.8 Å². The van der Waals surface area contributed by atoms with E-state index in [1.165, 1.54) is 18.4 Å². The summed E-state index contributed by atoms with van der Waals surface area (Å²) in [7, 11) is -1.59. The van der Waals surface area contributed by atoms with Gasteiger partial charge in [0.15, 0.2) is 9.84 Å². The van der Waals surface area contributed by atoms with Gasteiger partial charge in [-0.15, -0.1) is 11.3 Å². The number of thiophene rings is 1. The average molecular weight is 275 g/mol. The Hall–Kier alpha value is -1.08. The molecule has 1 aromatic heterocycles. The summed E-state index contributed by atoms with van der Waals surface area (Å²) in [5.74, 6) is -0.0606. The fourth-order valence-electron chi connectivity index (χ4n) is 1.80. The van der Waals surface area contributed by atoms with Gasteiger partial charge in [-0.3, -0.25) is 0 Å². The molecule has 1 saturated heterocycles. The molecule has 1 aliphatic rings. The van der Waals surface area contributed by atoms with Crippen LogP contribution in [-0.4, -0.2) is 39.0 Å². The van der Waals surface area contributed by atoms with Gasteiger partial charge < -0.3 is 10.1 Å². The largest absolute Gasteiger partial charge is 0.465 e. The summed E-state index contributed by atoms with van der Waals surface area (Å²) in [5.41, 5.74) is 0.656. The third kappa shape index (κ3) is 2.78. The minimum Gasteiger partial charge on any atom is -0.465 e. The Balaban J connectivity index is 2.10. The van der Waals surface area contributed by atoms with Crippen LogP contribution in [0.4, 0.5) is 5.69 Å². The van der Waals surface area contributed by atoms with Crippen molar-refractivity contribution in [2.75, 3.05) is 23.9 Å². The van der Waals surface area contributed by atoms with Crippen LogP contribution in [0.3, 0.4) is 0 Å². The molecule has 17 heavy (non-hydrogen) atoms. The van der Waals surface area contributed by atoms with Crippen LogP contribution in [0.5, 0.6) is 0 Å². The summed E-state index contributed by atoms with van der Waals surface area (Å²) in [6.45, 7) is 0. The molecule has 1 fully saturated rings. The summed E-state index contributed by atoms with van der Waals surface area (Å²) in [5, 5.41) is 4.87. The number of sulfone groups is 1. The number of carbonyl (C=O) groups excluding carboxylic acids is 1. The number of hydrogen-bond acceptors (Lipinski definition) is 6. The fourth-order valence-corrected chi connectivity index (χ4v) is 4.25. The molecule has 2 rings (SSSR count). The lowest BCUT2D eigenvalue weighted by Crippen LogP contribution is -2.21. The zero-order valence-corrected chi connectivity index (χ0v) is 10.9. The molecule has 0 amide bonds. The number of carbonyl (C=O) groups is 1. The minimum atomic E-state index is -2.91. The molecule has 0 bridgehead atoms. The first-order valence-corrected chi connectivity index (χ1v) is 7.85. The zero-order valence-electron chi connectivity index (χ0n) is 9.30. The Bertz CT molecular complexity index is 520. The summed E-state index contributed by atoms with van der Waals surface area (Å²) in [6, 6.07) is 1.65. The van der Waals surface area contributed by atoms with Crippen molar-refractivity contribution in [2.45, 2.75) is 12.5 Å². The van der Waals surface area contributed by atoms with Crippen LogP contribution in [0.1, 0.15) is 16.1 Å². The van der Waals surface area contributed by atoms with Gasteiger partial charge in [0.05, 0.1) is 24.3 Å². The van der Waals surface area contributed by atoms with Gasteiger partial charge in [0.1, 0.15) is 4.88 Å². The van der Waals surface area contributed by atoms with Gasteiger partial charge in [-0.05, 0) is 17.9 Å². The summed E-state index contributed by atoms with van der Waals surface area (Å²) in [4.78, 5) is 11.9. The van der Waals surface area contributed by atoms with E-state index in [2.05, 4.69) is 10.1 Å². The zero-order chi connectivity index (χ0) is 12.5. The number of methoxy groups -OCH3 is 1. The normalized spacial score (nSPS) is 22.3. The number of anilines is 1. The molecule has 1 aliphatic heterocycles. The Morgan fingerprint density at radius 3 is 2.94 bits per heavy atom. The Kier molecular flexibility index (Phi) is 3.39. The van der Waals surface area contributed by atoms with Crippen molar-refractivity contribution in [2.24, 2.45) is 0 Å². The quantitative estimate of drug-likeness (QED) is 0.837. The van der Waals surface area contributed by atoms with Gasteiger partial charge >= 0.3 is 5.97 Å². The molecule has 0 aliphatic carbocycles. The van der Waals surface area contributed by atoms with Crippen molar-refractivity contribution in [1.29, 1.82) is 0 Å². The van der Waals surface area contributed by atoms with Gasteiger partial charge in [0.2, 0.25) is 0 Å². The molecule has 0 radical (unpaired) electrons. The lowest BCUT2D eigenvalue weighted by molar-refractivity contribution is 0.0607. The highest BCUT2D eigenvalue weighted by atomic mass is 32.2. The molecular weight excluding hydrogens is 262 g/mol. The molecule has 1 aromatic rings. The SMILES string of the molecule is COC(=O)c1sccc1NC1CCS(=O)(=O)C1. The molecular formula is C10H13NO4S2. The van der Waals surface area contributed by atoms with Crippen LogP contribution in [0.25, 0.3) is 0 Å². The second-order valence-corrected chi connectivity index (χ2v) is 7.04. The molecule has 0 spiro atoms. The van der Waals surface area contributed by atoms with E-state index in [9.17, 15) is 13.2 Å². The van der Waals surface area contributed by atoms with Crippen molar-refractivity contribution < 1.29 is 17.9 Å². The molecule has 7 heteroatoms. The second-order valence-electron chi connectivity index (χ2n) is 3.90. The highest BCUT2D eigenvalue weighted by molar-refractivity contribution is 7.91. The third-order valence-corrected chi connectivity index (χ3v) is 5.29. The predicted molar refractivity (Wildman–Crippen MR) is 66.3 cm³/mol. The molecule has 0 saturated carbocycles. The van der Waals surface area contributed by atoms with Crippen LogP contribution in [0, 0.1) is 0 Å². The number of esters is 1. The van der Waals surface area contributed by atoms with E-state index in [4.69, 9.17) is 0 Å². The lowest BCUT2D eigenvalue weighted by atomic mass is 10.2. The molecule has 1 unspecified atom stereocenters. The summed E-state index contributed by atoms with van der Waals surface area (Å²) < 4.78 is 27.3. The first-order valence-electron chi connectivity index (χ1n) is 5.14. The van der Waals surface area contributed by atoms with Crippen molar-refractivity contribution >= 4 is 32.8 Å². The summed E-state index contributed by atoms with van der Waals surface area (Å²) in [6.07, 6.45) is 0.582. The number of ether oxygens (including phenoxy) is 1. The molecule has 5 nitrogen and oxygen atoms in total. The van der Waals surface area contributed by atoms with E-state index in [-0.39, 0.29) is 17.5 Å². The van der Waals surface area contributed by atoms with Crippen molar-refractivity contribution in [3.63, 3.8) is 0 Å². The van der Waals surface area contributed by atoms with E-state index >= 15 is 0 Å². The van der Waals surface area contributed by atoms with Crippen LogP contribution in [0.15, 0.2) is 11.4 Å². The standard InChI is InChI=1S/C10H13NO4S2/c1-15-10(12)9-8(2-4-16-9)11-7-3-5-17(13,14)6-7/h2,4,7,11H,3,5-6H2,1H3. The molecule has 1 N–H and O–H groups in total. The molecule has 2 heterocycles. The number of rotatable bonds is 3. The lowest BCUT2D eigenvalue weighted by Gasteiger charge is -2.11. The Labute approximate surface area is 104 Å². The average Bonchev–Trinajstić information content (AvgIpc) is 2.85. The summed E-state index contributed by atoms with van der Waals surface area (Å²) >= 11 is 1.28. The fraction of sp³-hybridized carbons (Fsp3) is 0.500. The van der Waals surface area contributed by atoms with Crippen molar-refractivity contribution in [3.8, 4) is 0 Å². The van der Waals surface area contributed by atoms with E-state index in [0.29, 0.717) is 17.0 Å². The van der Waals surface area contributed by atoms with Gasteiger partial charge in [0.25, 0.3) is 0 Å². The van der Waals surface area contributed by atoms with E-state index in [1.54, 1.807) is 11.4 Å². The first-order chi connectivity index (χ1) is 8.02. The van der Waals surface area contributed by atoms with Crippen molar-refractivity contribution in [3.05, 3.63) is 16.3 Å². The van der Waals surface area contributed by atoms with Gasteiger partial charge in [-0.25, -0.2) is 13.2 Å². The molecule has 0 aromatic carbocycles. The highest BCUT2D eigenvalue weighted by Gasteiger charge is 2.28. The number of nitrogens with one attached hydrogen (secondary N) is 1. The maximum atomic E-state index is 11.4. The maximum absolute atomic E-state index is 11.4. The topological polar surface area (TPSA) is 72.5 Å². The molecule has 1 atom stereocenters. The van der Waals surface area contributed by atoms with E-state index in [1.807, 2.05) is 0 Å². The first kappa shape index (κ1) is 12.4. The van der Waals surface area contributed by atoms with Crippen LogP contribution < -0.4 is 5.32 Å². The molecule has 94 valence electrons. The van der Waals surface area contributed by atoms with Gasteiger partial charge in [-0.2, -0.15) is 0 Å². The van der Waals surface area contributed by atoms with E-state index in [0.717, 1.165) is 0 Å². The van der Waals surface area contributed by atoms with Crippen molar-refractivity contribution in [1.82, 2.24) is 0 Å². The van der Waals surface area contributed by atoms with Crippen LogP contribution in [-0.2, 0) is 14.6 Å². The highest BCUT2D eigenvalue weighted by Crippen LogP contribution is 2.26. The van der Waals surface area contributed by atoms with Crippen LogP contribution in [0.2, 0.25) is 0 Å². The second kappa shape index (κ2) is 4.66. The smallest absolute Gasteiger partial charge is 0.350 e. The van der Waals surface area contributed by atoms with Gasteiger partial charge in [0, 0.05) is 6.04 Å². The number of hydrogen-bond donors (Lipinski definition) is 1.